The normalized spacial score (nSPS) is 11.2. The van der Waals surface area contributed by atoms with E-state index >= 15 is 0 Å². The largest absolute Gasteiger partial charge is 0.573 e. The molecule has 0 amide bonds. The van der Waals surface area contributed by atoms with Crippen LogP contribution in [0.5, 0.6) is 5.75 Å². The summed E-state index contributed by atoms with van der Waals surface area (Å²) in [7, 11) is 1.59. The van der Waals surface area contributed by atoms with Gasteiger partial charge in [0, 0.05) is 13.1 Å². The zero-order chi connectivity index (χ0) is 10.8. The molecule has 78 valence electrons. The lowest BCUT2D eigenvalue weighted by Gasteiger charge is -2.11. The number of aryl methyl sites for hydroxylation is 1. The highest BCUT2D eigenvalue weighted by Crippen LogP contribution is 2.26. The molecule has 1 aromatic rings. The molecule has 0 saturated carbocycles. The standard InChI is InChI=1S/C8H9F3N2O/c1-5-7(14-8(9,10)11)3-6(12-2)4-13-5/h3-4,12H,1-2H3. The maximum atomic E-state index is 11.9. The van der Waals surface area contributed by atoms with Crippen LogP contribution in [0.15, 0.2) is 12.3 Å². The van der Waals surface area contributed by atoms with Gasteiger partial charge in [-0.05, 0) is 6.92 Å². The molecule has 0 aliphatic rings. The van der Waals surface area contributed by atoms with Crippen LogP contribution in [0.3, 0.4) is 0 Å². The van der Waals surface area contributed by atoms with Crippen LogP contribution in [0.1, 0.15) is 5.69 Å². The number of nitrogens with zero attached hydrogens (tertiary/aromatic N) is 1. The van der Waals surface area contributed by atoms with E-state index in [0.717, 1.165) is 0 Å². The van der Waals surface area contributed by atoms with Gasteiger partial charge in [0.15, 0.2) is 5.75 Å². The lowest BCUT2D eigenvalue weighted by atomic mass is 10.3. The smallest absolute Gasteiger partial charge is 0.404 e. The maximum Gasteiger partial charge on any atom is 0.573 e. The maximum absolute atomic E-state index is 11.9. The molecule has 0 fully saturated rings. The minimum atomic E-state index is -4.68. The lowest BCUT2D eigenvalue weighted by molar-refractivity contribution is -0.274. The van der Waals surface area contributed by atoms with Crippen molar-refractivity contribution in [3.8, 4) is 5.75 Å². The highest BCUT2D eigenvalue weighted by molar-refractivity contribution is 5.47. The molecule has 1 rings (SSSR count). The summed E-state index contributed by atoms with van der Waals surface area (Å²) >= 11 is 0. The monoisotopic (exact) mass is 206 g/mol. The SMILES string of the molecule is CNc1cnc(C)c(OC(F)(F)F)c1. The molecule has 0 aliphatic carbocycles. The van der Waals surface area contributed by atoms with E-state index in [1.165, 1.54) is 19.2 Å². The summed E-state index contributed by atoms with van der Waals surface area (Å²) in [4.78, 5) is 3.75. The minimum absolute atomic E-state index is 0.196. The van der Waals surface area contributed by atoms with Crippen molar-refractivity contribution >= 4 is 5.69 Å². The number of pyridine rings is 1. The molecule has 0 bridgehead atoms. The molecular weight excluding hydrogens is 197 g/mol. The van der Waals surface area contributed by atoms with Crippen LogP contribution in [-0.4, -0.2) is 18.4 Å². The van der Waals surface area contributed by atoms with Gasteiger partial charge in [-0.25, -0.2) is 0 Å². The fraction of sp³-hybridized carbons (Fsp3) is 0.375. The zero-order valence-corrected chi connectivity index (χ0v) is 7.64. The van der Waals surface area contributed by atoms with Gasteiger partial charge in [-0.3, -0.25) is 4.98 Å². The van der Waals surface area contributed by atoms with E-state index in [-0.39, 0.29) is 11.4 Å². The molecule has 0 radical (unpaired) electrons. The number of hydrogen-bond acceptors (Lipinski definition) is 3. The van der Waals surface area contributed by atoms with Crippen LogP contribution < -0.4 is 10.1 Å². The second kappa shape index (κ2) is 3.73. The van der Waals surface area contributed by atoms with E-state index in [2.05, 4.69) is 15.0 Å². The third-order valence-corrected chi connectivity index (χ3v) is 1.55. The Morgan fingerprint density at radius 3 is 2.57 bits per heavy atom. The molecular formula is C8H9F3N2O. The van der Waals surface area contributed by atoms with Gasteiger partial charge in [0.2, 0.25) is 0 Å². The average molecular weight is 206 g/mol. The van der Waals surface area contributed by atoms with E-state index in [1.54, 1.807) is 7.05 Å². The predicted molar refractivity (Wildman–Crippen MR) is 45.2 cm³/mol. The van der Waals surface area contributed by atoms with Gasteiger partial charge < -0.3 is 10.1 Å². The number of rotatable bonds is 2. The molecule has 0 spiro atoms. The molecule has 0 saturated heterocycles. The van der Waals surface area contributed by atoms with Crippen molar-refractivity contribution in [3.05, 3.63) is 18.0 Å². The van der Waals surface area contributed by atoms with E-state index in [4.69, 9.17) is 0 Å². The second-order valence-corrected chi connectivity index (χ2v) is 2.61. The summed E-state index contributed by atoms with van der Waals surface area (Å²) in [6, 6.07) is 1.25. The first-order valence-electron chi connectivity index (χ1n) is 3.82. The van der Waals surface area contributed by atoms with Gasteiger partial charge in [0.1, 0.15) is 0 Å². The zero-order valence-electron chi connectivity index (χ0n) is 7.64. The summed E-state index contributed by atoms with van der Waals surface area (Å²) in [6.45, 7) is 1.44. The van der Waals surface area contributed by atoms with Crippen LogP contribution in [-0.2, 0) is 0 Å². The molecule has 1 aromatic heterocycles. The summed E-state index contributed by atoms with van der Waals surface area (Å²) in [6.07, 6.45) is -3.25. The lowest BCUT2D eigenvalue weighted by Crippen LogP contribution is -2.18. The quantitative estimate of drug-likeness (QED) is 0.806. The van der Waals surface area contributed by atoms with Gasteiger partial charge in [-0.2, -0.15) is 0 Å². The molecule has 1 N–H and O–H groups in total. The first kappa shape index (κ1) is 10.6. The average Bonchev–Trinajstić information content (AvgIpc) is 2.06. The topological polar surface area (TPSA) is 34.2 Å². The minimum Gasteiger partial charge on any atom is -0.404 e. The van der Waals surface area contributed by atoms with E-state index < -0.39 is 6.36 Å². The third-order valence-electron chi connectivity index (χ3n) is 1.55. The number of anilines is 1. The van der Waals surface area contributed by atoms with Gasteiger partial charge in [-0.15, -0.1) is 13.2 Å². The van der Waals surface area contributed by atoms with Crippen LogP contribution in [0.25, 0.3) is 0 Å². The van der Waals surface area contributed by atoms with Crippen molar-refractivity contribution in [2.45, 2.75) is 13.3 Å². The Labute approximate surface area is 78.9 Å². The summed E-state index contributed by atoms with van der Waals surface area (Å²) in [5, 5.41) is 2.67. The van der Waals surface area contributed by atoms with Crippen molar-refractivity contribution in [1.29, 1.82) is 0 Å². The van der Waals surface area contributed by atoms with E-state index in [9.17, 15) is 13.2 Å². The molecule has 0 aliphatic heterocycles. The predicted octanol–water partition coefficient (Wildman–Crippen LogP) is 2.33. The fourth-order valence-electron chi connectivity index (χ4n) is 0.878. The van der Waals surface area contributed by atoms with E-state index in [1.807, 2.05) is 0 Å². The Kier molecular flexibility index (Phi) is 2.83. The summed E-state index contributed by atoms with van der Waals surface area (Å²) in [5.74, 6) is -0.288. The van der Waals surface area contributed by atoms with Gasteiger partial charge in [0.25, 0.3) is 0 Å². The second-order valence-electron chi connectivity index (χ2n) is 2.61. The number of alkyl halides is 3. The first-order valence-corrected chi connectivity index (χ1v) is 3.82. The molecule has 14 heavy (non-hydrogen) atoms. The number of aromatic nitrogens is 1. The van der Waals surface area contributed by atoms with Gasteiger partial charge >= 0.3 is 6.36 Å². The Bertz CT molecular complexity index is 325. The van der Waals surface area contributed by atoms with Crippen molar-refractivity contribution in [2.24, 2.45) is 0 Å². The molecule has 3 nitrogen and oxygen atoms in total. The number of nitrogens with one attached hydrogen (secondary N) is 1. The molecule has 0 aromatic carbocycles. The Balaban J connectivity index is 2.95. The number of ether oxygens (including phenoxy) is 1. The fourth-order valence-corrected chi connectivity index (χ4v) is 0.878. The van der Waals surface area contributed by atoms with Crippen molar-refractivity contribution in [1.82, 2.24) is 4.98 Å². The summed E-state index contributed by atoms with van der Waals surface area (Å²) in [5.41, 5.74) is 0.663. The molecule has 1 heterocycles. The molecule has 0 unspecified atom stereocenters. The van der Waals surface area contributed by atoms with Crippen LogP contribution >= 0.6 is 0 Å². The number of halogens is 3. The first-order chi connectivity index (χ1) is 6.42. The van der Waals surface area contributed by atoms with E-state index in [0.29, 0.717) is 5.69 Å². The van der Waals surface area contributed by atoms with Gasteiger partial charge in [-0.1, -0.05) is 0 Å². The van der Waals surface area contributed by atoms with Crippen molar-refractivity contribution < 1.29 is 17.9 Å². The molecule has 6 heteroatoms. The van der Waals surface area contributed by atoms with Gasteiger partial charge in [0.05, 0.1) is 17.6 Å². The highest BCUT2D eigenvalue weighted by Gasteiger charge is 2.32. The third kappa shape index (κ3) is 2.79. The Morgan fingerprint density at radius 2 is 2.07 bits per heavy atom. The van der Waals surface area contributed by atoms with Crippen LogP contribution in [0, 0.1) is 6.92 Å². The van der Waals surface area contributed by atoms with Crippen molar-refractivity contribution in [2.75, 3.05) is 12.4 Å². The molecule has 0 atom stereocenters. The Morgan fingerprint density at radius 1 is 1.43 bits per heavy atom. The van der Waals surface area contributed by atoms with Crippen molar-refractivity contribution in [3.63, 3.8) is 0 Å². The van der Waals surface area contributed by atoms with Crippen LogP contribution in [0.4, 0.5) is 18.9 Å². The Hall–Kier alpha value is -1.46. The highest BCUT2D eigenvalue weighted by atomic mass is 19.4. The number of hydrogen-bond donors (Lipinski definition) is 1. The summed E-state index contributed by atoms with van der Waals surface area (Å²) < 4.78 is 39.4. The van der Waals surface area contributed by atoms with Crippen LogP contribution in [0.2, 0.25) is 0 Å².